The molecule has 1 heteroatoms. The lowest BCUT2D eigenvalue weighted by Gasteiger charge is -2.29. The summed E-state index contributed by atoms with van der Waals surface area (Å²) in [5.41, 5.74) is 1.37. The first kappa shape index (κ1) is 14.8. The molecule has 0 N–H and O–H groups in total. The fourth-order valence-electron chi connectivity index (χ4n) is 2.07. The predicted molar refractivity (Wildman–Crippen MR) is 79.3 cm³/mol. The van der Waals surface area contributed by atoms with E-state index in [9.17, 15) is 0 Å². The van der Waals surface area contributed by atoms with E-state index in [-0.39, 0.29) is 0 Å². The van der Waals surface area contributed by atoms with E-state index in [0.717, 1.165) is 25.4 Å². The van der Waals surface area contributed by atoms with Crippen molar-refractivity contribution in [2.75, 3.05) is 13.1 Å². The molecule has 0 heterocycles. The molecule has 1 aromatic carbocycles. The zero-order chi connectivity index (χ0) is 13.4. The van der Waals surface area contributed by atoms with Crippen LogP contribution in [0, 0.1) is 18.3 Å². The summed E-state index contributed by atoms with van der Waals surface area (Å²) in [4.78, 5) is 2.50. The normalized spacial score (nSPS) is 12.7. The van der Waals surface area contributed by atoms with Crippen LogP contribution in [0.25, 0.3) is 0 Å². The van der Waals surface area contributed by atoms with Gasteiger partial charge in [-0.05, 0) is 31.4 Å². The van der Waals surface area contributed by atoms with Gasteiger partial charge in [-0.15, -0.1) is 12.3 Å². The Kier molecular flexibility index (Phi) is 6.54. The first-order valence-corrected chi connectivity index (χ1v) is 6.87. The van der Waals surface area contributed by atoms with E-state index in [0.29, 0.717) is 6.04 Å². The van der Waals surface area contributed by atoms with Crippen molar-refractivity contribution in [2.45, 2.75) is 39.7 Å². The van der Waals surface area contributed by atoms with Gasteiger partial charge >= 0.3 is 0 Å². The highest BCUT2D eigenvalue weighted by Gasteiger charge is 2.14. The Labute approximate surface area is 112 Å². The molecule has 0 amide bonds. The van der Waals surface area contributed by atoms with Gasteiger partial charge in [-0.1, -0.05) is 44.2 Å². The topological polar surface area (TPSA) is 3.24 Å². The standard InChI is InChI=1S/C17H25N/c1-5-6-13-18(14-12-15(2)3)16(4)17-10-8-7-9-11-17/h1,7-11,15-16H,6,12-14H2,2-4H3. The molecule has 0 aliphatic carbocycles. The number of terminal acetylenes is 1. The third kappa shape index (κ3) is 4.94. The smallest absolute Gasteiger partial charge is 0.0320 e. The predicted octanol–water partition coefficient (Wildman–Crippen LogP) is 4.12. The Hall–Kier alpha value is -1.26. The van der Waals surface area contributed by atoms with Gasteiger partial charge in [0.1, 0.15) is 0 Å². The summed E-state index contributed by atoms with van der Waals surface area (Å²) in [7, 11) is 0. The highest BCUT2D eigenvalue weighted by atomic mass is 15.1. The third-order valence-corrected chi connectivity index (χ3v) is 3.37. The van der Waals surface area contributed by atoms with E-state index in [1.807, 2.05) is 0 Å². The summed E-state index contributed by atoms with van der Waals surface area (Å²) in [6, 6.07) is 11.1. The highest BCUT2D eigenvalue weighted by Crippen LogP contribution is 2.21. The first-order chi connectivity index (χ1) is 8.65. The van der Waals surface area contributed by atoms with Crippen LogP contribution in [-0.4, -0.2) is 18.0 Å². The van der Waals surface area contributed by atoms with E-state index < -0.39 is 0 Å². The van der Waals surface area contributed by atoms with Crippen LogP contribution in [0.1, 0.15) is 45.2 Å². The van der Waals surface area contributed by atoms with E-state index in [4.69, 9.17) is 6.42 Å². The molecular weight excluding hydrogens is 218 g/mol. The second-order valence-electron chi connectivity index (χ2n) is 5.26. The summed E-state index contributed by atoms with van der Waals surface area (Å²) in [5.74, 6) is 3.49. The molecule has 0 saturated heterocycles. The summed E-state index contributed by atoms with van der Waals surface area (Å²) in [5, 5.41) is 0. The minimum absolute atomic E-state index is 0.443. The molecule has 0 fully saturated rings. The van der Waals surface area contributed by atoms with Crippen molar-refractivity contribution in [1.82, 2.24) is 4.90 Å². The molecule has 0 spiro atoms. The van der Waals surface area contributed by atoms with E-state index in [1.54, 1.807) is 0 Å². The van der Waals surface area contributed by atoms with Gasteiger partial charge in [0.2, 0.25) is 0 Å². The molecule has 18 heavy (non-hydrogen) atoms. The van der Waals surface area contributed by atoms with Gasteiger partial charge in [0, 0.05) is 19.0 Å². The Morgan fingerprint density at radius 2 is 1.78 bits per heavy atom. The van der Waals surface area contributed by atoms with Crippen molar-refractivity contribution in [3.8, 4) is 12.3 Å². The van der Waals surface area contributed by atoms with Crippen LogP contribution in [0.3, 0.4) is 0 Å². The number of rotatable bonds is 7. The maximum Gasteiger partial charge on any atom is 0.0320 e. The third-order valence-electron chi connectivity index (χ3n) is 3.37. The van der Waals surface area contributed by atoms with Crippen LogP contribution in [0.2, 0.25) is 0 Å². The number of benzene rings is 1. The summed E-state index contributed by atoms with van der Waals surface area (Å²) >= 11 is 0. The van der Waals surface area contributed by atoms with Crippen molar-refractivity contribution >= 4 is 0 Å². The fourth-order valence-corrected chi connectivity index (χ4v) is 2.07. The fraction of sp³-hybridized carbons (Fsp3) is 0.529. The molecule has 0 bridgehead atoms. The average Bonchev–Trinajstić information content (AvgIpc) is 2.39. The molecule has 0 aliphatic heterocycles. The first-order valence-electron chi connectivity index (χ1n) is 6.87. The maximum atomic E-state index is 5.39. The molecular formula is C17H25N. The van der Waals surface area contributed by atoms with Crippen molar-refractivity contribution in [2.24, 2.45) is 5.92 Å². The van der Waals surface area contributed by atoms with Crippen LogP contribution in [0.5, 0.6) is 0 Å². The van der Waals surface area contributed by atoms with Crippen molar-refractivity contribution in [3.63, 3.8) is 0 Å². The van der Waals surface area contributed by atoms with Crippen molar-refractivity contribution < 1.29 is 0 Å². The van der Waals surface area contributed by atoms with Crippen LogP contribution in [0.4, 0.5) is 0 Å². The van der Waals surface area contributed by atoms with E-state index in [1.165, 1.54) is 12.0 Å². The molecule has 1 atom stereocenters. The Morgan fingerprint density at radius 3 is 2.33 bits per heavy atom. The SMILES string of the molecule is C#CCCN(CCC(C)C)C(C)c1ccccc1. The molecule has 0 aromatic heterocycles. The molecule has 98 valence electrons. The molecule has 0 aliphatic rings. The molecule has 1 unspecified atom stereocenters. The number of nitrogens with zero attached hydrogens (tertiary/aromatic N) is 1. The summed E-state index contributed by atoms with van der Waals surface area (Å²) in [6.07, 6.45) is 7.45. The van der Waals surface area contributed by atoms with Gasteiger partial charge in [0.15, 0.2) is 0 Å². The van der Waals surface area contributed by atoms with Gasteiger partial charge in [0.05, 0.1) is 0 Å². The Balaban J connectivity index is 2.66. The van der Waals surface area contributed by atoms with Gasteiger partial charge in [-0.3, -0.25) is 4.90 Å². The van der Waals surface area contributed by atoms with Crippen LogP contribution < -0.4 is 0 Å². The minimum Gasteiger partial charge on any atom is -0.296 e. The Bertz CT molecular complexity index is 361. The lowest BCUT2D eigenvalue weighted by Crippen LogP contribution is -2.29. The highest BCUT2D eigenvalue weighted by molar-refractivity contribution is 5.18. The molecule has 0 radical (unpaired) electrons. The molecule has 0 saturated carbocycles. The van der Waals surface area contributed by atoms with Gasteiger partial charge < -0.3 is 0 Å². The van der Waals surface area contributed by atoms with Crippen LogP contribution in [-0.2, 0) is 0 Å². The van der Waals surface area contributed by atoms with Crippen molar-refractivity contribution in [3.05, 3.63) is 35.9 Å². The maximum absolute atomic E-state index is 5.39. The number of hydrogen-bond acceptors (Lipinski definition) is 1. The largest absolute Gasteiger partial charge is 0.296 e. The lowest BCUT2D eigenvalue weighted by molar-refractivity contribution is 0.203. The summed E-state index contributed by atoms with van der Waals surface area (Å²) in [6.45, 7) is 8.92. The van der Waals surface area contributed by atoms with E-state index in [2.05, 4.69) is 61.9 Å². The van der Waals surface area contributed by atoms with Crippen molar-refractivity contribution in [1.29, 1.82) is 0 Å². The quantitative estimate of drug-likeness (QED) is 0.651. The molecule has 1 rings (SSSR count). The van der Waals surface area contributed by atoms with Gasteiger partial charge in [-0.2, -0.15) is 0 Å². The molecule has 1 nitrogen and oxygen atoms in total. The average molecular weight is 243 g/mol. The molecule has 1 aromatic rings. The second kappa shape index (κ2) is 7.95. The monoisotopic (exact) mass is 243 g/mol. The van der Waals surface area contributed by atoms with Gasteiger partial charge in [-0.25, -0.2) is 0 Å². The number of hydrogen-bond donors (Lipinski definition) is 0. The summed E-state index contributed by atoms with van der Waals surface area (Å²) < 4.78 is 0. The minimum atomic E-state index is 0.443. The van der Waals surface area contributed by atoms with Crippen LogP contribution in [0.15, 0.2) is 30.3 Å². The Morgan fingerprint density at radius 1 is 1.11 bits per heavy atom. The van der Waals surface area contributed by atoms with E-state index >= 15 is 0 Å². The zero-order valence-electron chi connectivity index (χ0n) is 11.9. The lowest BCUT2D eigenvalue weighted by atomic mass is 10.0. The van der Waals surface area contributed by atoms with Gasteiger partial charge in [0.25, 0.3) is 0 Å². The van der Waals surface area contributed by atoms with Crippen LogP contribution >= 0.6 is 0 Å². The zero-order valence-corrected chi connectivity index (χ0v) is 11.9. The second-order valence-corrected chi connectivity index (χ2v) is 5.26.